The molecular weight excluding hydrogens is 340 g/mol. The molecule has 0 spiro atoms. The Labute approximate surface area is 159 Å². The third-order valence-electron chi connectivity index (χ3n) is 4.61. The topological polar surface area (TPSA) is 96.2 Å². The molecule has 0 aliphatic heterocycles. The molecule has 1 unspecified atom stereocenters. The number of benzene rings is 2. The van der Waals surface area contributed by atoms with E-state index in [0.717, 1.165) is 30.5 Å². The van der Waals surface area contributed by atoms with Gasteiger partial charge >= 0.3 is 6.03 Å². The normalized spacial score (nSPS) is 15.7. The number of nitrogens with two attached hydrogens (primary N) is 1. The van der Waals surface area contributed by atoms with Gasteiger partial charge in [0.1, 0.15) is 0 Å². The lowest BCUT2D eigenvalue weighted by atomic mass is 9.87. The van der Waals surface area contributed by atoms with Gasteiger partial charge in [-0.15, -0.1) is 0 Å². The second-order valence-electron chi connectivity index (χ2n) is 7.21. The summed E-state index contributed by atoms with van der Waals surface area (Å²) in [6.45, 7) is 3.79. The summed E-state index contributed by atoms with van der Waals surface area (Å²) in [6, 6.07) is 12.6. The summed E-state index contributed by atoms with van der Waals surface area (Å²) in [7, 11) is 0. The summed E-state index contributed by atoms with van der Waals surface area (Å²) in [5, 5.41) is 8.62. The molecule has 0 fully saturated rings. The number of hydrogen-bond acceptors (Lipinski definition) is 3. The average Bonchev–Trinajstić information content (AvgIpc) is 2.61. The molecule has 0 radical (unpaired) electrons. The fourth-order valence-corrected chi connectivity index (χ4v) is 3.36. The smallest absolute Gasteiger partial charge is 0.319 e. The minimum absolute atomic E-state index is 0.00327. The van der Waals surface area contributed by atoms with Crippen LogP contribution < -0.4 is 21.7 Å². The Bertz CT molecular complexity index is 831. The van der Waals surface area contributed by atoms with E-state index in [2.05, 4.69) is 16.0 Å². The molecule has 2 aromatic rings. The minimum atomic E-state index is -0.264. The summed E-state index contributed by atoms with van der Waals surface area (Å²) >= 11 is 0. The Morgan fingerprint density at radius 1 is 1.11 bits per heavy atom. The van der Waals surface area contributed by atoms with Crippen molar-refractivity contribution in [1.82, 2.24) is 10.6 Å². The summed E-state index contributed by atoms with van der Waals surface area (Å²) in [5.74, 6) is -0.122. The number of anilines is 2. The number of amides is 3. The van der Waals surface area contributed by atoms with E-state index < -0.39 is 0 Å². The minimum Gasteiger partial charge on any atom is -0.399 e. The average molecular weight is 366 g/mol. The van der Waals surface area contributed by atoms with Gasteiger partial charge in [0.25, 0.3) is 5.91 Å². The molecular formula is C21H26N4O2. The van der Waals surface area contributed by atoms with Gasteiger partial charge in [0.2, 0.25) is 0 Å². The summed E-state index contributed by atoms with van der Waals surface area (Å²) in [5.41, 5.74) is 10.2. The van der Waals surface area contributed by atoms with E-state index >= 15 is 0 Å². The highest BCUT2D eigenvalue weighted by Crippen LogP contribution is 2.31. The molecule has 6 heteroatoms. The van der Waals surface area contributed by atoms with Crippen LogP contribution in [0.4, 0.5) is 16.2 Å². The predicted octanol–water partition coefficient (Wildman–Crippen LogP) is 3.61. The highest BCUT2D eigenvalue weighted by Gasteiger charge is 2.22. The van der Waals surface area contributed by atoms with Crippen molar-refractivity contribution in [2.75, 3.05) is 11.1 Å². The van der Waals surface area contributed by atoms with Crippen LogP contribution in [0.5, 0.6) is 0 Å². The van der Waals surface area contributed by atoms with Crippen LogP contribution in [0.1, 0.15) is 54.2 Å². The maximum atomic E-state index is 12.6. The SMILES string of the molecule is CC(C)NC(=O)Nc1ccc(C(=O)NC2CCCc3cc(N)ccc32)cc1. The van der Waals surface area contributed by atoms with Crippen molar-refractivity contribution in [3.8, 4) is 0 Å². The van der Waals surface area contributed by atoms with E-state index in [0.29, 0.717) is 11.3 Å². The van der Waals surface area contributed by atoms with E-state index in [4.69, 9.17) is 5.73 Å². The third-order valence-corrected chi connectivity index (χ3v) is 4.61. The van der Waals surface area contributed by atoms with Gasteiger partial charge in [-0.2, -0.15) is 0 Å². The maximum Gasteiger partial charge on any atom is 0.319 e. The largest absolute Gasteiger partial charge is 0.399 e. The van der Waals surface area contributed by atoms with E-state index in [1.54, 1.807) is 24.3 Å². The van der Waals surface area contributed by atoms with Crippen molar-refractivity contribution in [3.05, 3.63) is 59.2 Å². The van der Waals surface area contributed by atoms with E-state index in [1.165, 1.54) is 5.56 Å². The van der Waals surface area contributed by atoms with Gasteiger partial charge in [0, 0.05) is 23.0 Å². The Morgan fingerprint density at radius 2 is 1.85 bits per heavy atom. The van der Waals surface area contributed by atoms with Crippen LogP contribution in [0.15, 0.2) is 42.5 Å². The summed E-state index contributed by atoms with van der Waals surface area (Å²) in [4.78, 5) is 24.4. The molecule has 5 N–H and O–H groups in total. The highest BCUT2D eigenvalue weighted by molar-refractivity contribution is 5.95. The summed E-state index contributed by atoms with van der Waals surface area (Å²) < 4.78 is 0. The van der Waals surface area contributed by atoms with Gasteiger partial charge in [-0.25, -0.2) is 4.79 Å². The molecule has 0 saturated heterocycles. The Hall–Kier alpha value is -3.02. The van der Waals surface area contributed by atoms with Gasteiger partial charge < -0.3 is 21.7 Å². The monoisotopic (exact) mass is 366 g/mol. The third kappa shape index (κ3) is 4.78. The Morgan fingerprint density at radius 3 is 2.56 bits per heavy atom. The number of carbonyl (C=O) groups is 2. The lowest BCUT2D eigenvalue weighted by Gasteiger charge is -2.26. The van der Waals surface area contributed by atoms with Gasteiger partial charge in [-0.05, 0) is 80.6 Å². The standard InChI is InChI=1S/C21H26N4O2/c1-13(2)23-21(27)24-17-9-6-14(7-10-17)20(26)25-19-5-3-4-15-12-16(22)8-11-18(15)19/h6-13,19H,3-5,22H2,1-2H3,(H,25,26)(H2,23,24,27). The van der Waals surface area contributed by atoms with Crippen molar-refractivity contribution < 1.29 is 9.59 Å². The van der Waals surface area contributed by atoms with Gasteiger partial charge in [-0.3, -0.25) is 4.79 Å². The Kier molecular flexibility index (Phi) is 5.64. The van der Waals surface area contributed by atoms with Crippen LogP contribution in [0.2, 0.25) is 0 Å². The van der Waals surface area contributed by atoms with Crippen LogP contribution in [0.25, 0.3) is 0 Å². The van der Waals surface area contributed by atoms with Crippen LogP contribution in [-0.2, 0) is 6.42 Å². The van der Waals surface area contributed by atoms with Crippen molar-refractivity contribution in [1.29, 1.82) is 0 Å². The van der Waals surface area contributed by atoms with Crippen molar-refractivity contribution in [2.24, 2.45) is 0 Å². The van der Waals surface area contributed by atoms with Crippen LogP contribution in [0, 0.1) is 0 Å². The lowest BCUT2D eigenvalue weighted by molar-refractivity contribution is 0.0933. The molecule has 3 amide bonds. The first kappa shape index (κ1) is 18.8. The molecule has 1 aliphatic rings. The number of nitrogen functional groups attached to an aromatic ring is 1. The molecule has 6 nitrogen and oxygen atoms in total. The number of nitrogens with one attached hydrogen (secondary N) is 3. The molecule has 0 heterocycles. The van der Waals surface area contributed by atoms with E-state index in [-0.39, 0.29) is 24.0 Å². The molecule has 3 rings (SSSR count). The quantitative estimate of drug-likeness (QED) is 0.623. The second-order valence-corrected chi connectivity index (χ2v) is 7.21. The number of carbonyl (C=O) groups excluding carboxylic acids is 2. The van der Waals surface area contributed by atoms with Crippen LogP contribution in [0.3, 0.4) is 0 Å². The zero-order chi connectivity index (χ0) is 19.4. The number of hydrogen-bond donors (Lipinski definition) is 4. The summed E-state index contributed by atoms with van der Waals surface area (Å²) in [6.07, 6.45) is 2.93. The first-order valence-electron chi connectivity index (χ1n) is 9.29. The first-order chi connectivity index (χ1) is 12.9. The number of rotatable bonds is 4. The molecule has 0 aromatic heterocycles. The second kappa shape index (κ2) is 8.12. The predicted molar refractivity (Wildman–Crippen MR) is 108 cm³/mol. The van der Waals surface area contributed by atoms with Crippen LogP contribution >= 0.6 is 0 Å². The van der Waals surface area contributed by atoms with Gasteiger partial charge in [0.15, 0.2) is 0 Å². The number of urea groups is 1. The van der Waals surface area contributed by atoms with Crippen molar-refractivity contribution in [2.45, 2.75) is 45.2 Å². The first-order valence-corrected chi connectivity index (χ1v) is 9.29. The zero-order valence-electron chi connectivity index (χ0n) is 15.7. The van der Waals surface area contributed by atoms with E-state index in [9.17, 15) is 9.59 Å². The van der Waals surface area contributed by atoms with Gasteiger partial charge in [-0.1, -0.05) is 6.07 Å². The molecule has 142 valence electrons. The van der Waals surface area contributed by atoms with Crippen LogP contribution in [-0.4, -0.2) is 18.0 Å². The molecule has 1 atom stereocenters. The van der Waals surface area contributed by atoms with E-state index in [1.807, 2.05) is 32.0 Å². The zero-order valence-corrected chi connectivity index (χ0v) is 15.7. The fourth-order valence-electron chi connectivity index (χ4n) is 3.36. The molecule has 0 bridgehead atoms. The van der Waals surface area contributed by atoms with Crippen molar-refractivity contribution in [3.63, 3.8) is 0 Å². The molecule has 0 saturated carbocycles. The number of aryl methyl sites for hydroxylation is 1. The molecule has 1 aliphatic carbocycles. The molecule has 2 aromatic carbocycles. The molecule has 27 heavy (non-hydrogen) atoms. The maximum absolute atomic E-state index is 12.6. The fraction of sp³-hybridized carbons (Fsp3) is 0.333. The van der Waals surface area contributed by atoms with Crippen molar-refractivity contribution >= 4 is 23.3 Å². The number of fused-ring (bicyclic) bond motifs is 1. The lowest BCUT2D eigenvalue weighted by Crippen LogP contribution is -2.34. The Balaban J connectivity index is 1.65. The van der Waals surface area contributed by atoms with Gasteiger partial charge in [0.05, 0.1) is 6.04 Å². The highest BCUT2D eigenvalue weighted by atomic mass is 16.2.